The van der Waals surface area contributed by atoms with Crippen LogP contribution < -0.4 is 5.46 Å². The SMILES string of the molecule is Bc1cccc2oc3ccc(-c4ccc5c(c4)c4ccccc4n5-c4ccccc4)cc3c12. The van der Waals surface area contributed by atoms with Gasteiger partial charge < -0.3 is 8.98 Å². The number of hydrogen-bond acceptors (Lipinski definition) is 1. The van der Waals surface area contributed by atoms with Gasteiger partial charge in [0.25, 0.3) is 0 Å². The molecular formula is C30H20BNO. The van der Waals surface area contributed by atoms with Gasteiger partial charge in [0.15, 0.2) is 0 Å². The molecule has 0 saturated heterocycles. The Labute approximate surface area is 192 Å². The fraction of sp³-hybridized carbons (Fsp3) is 0. The first-order valence-electron chi connectivity index (χ1n) is 11.3. The molecule has 5 aromatic carbocycles. The van der Waals surface area contributed by atoms with Gasteiger partial charge in [0.05, 0.1) is 11.0 Å². The molecule has 0 fully saturated rings. The lowest BCUT2D eigenvalue weighted by molar-refractivity contribution is 0.669. The lowest BCUT2D eigenvalue weighted by Gasteiger charge is -2.08. The average Bonchev–Trinajstić information content (AvgIpc) is 3.40. The van der Waals surface area contributed by atoms with E-state index in [9.17, 15) is 0 Å². The van der Waals surface area contributed by atoms with Crippen molar-refractivity contribution in [2.75, 3.05) is 0 Å². The van der Waals surface area contributed by atoms with Crippen LogP contribution in [0.15, 0.2) is 114 Å². The topological polar surface area (TPSA) is 18.1 Å². The molecule has 0 unspecified atom stereocenters. The molecule has 0 aliphatic rings. The van der Waals surface area contributed by atoms with Crippen LogP contribution in [0.1, 0.15) is 0 Å². The fourth-order valence-corrected chi connectivity index (χ4v) is 5.19. The van der Waals surface area contributed by atoms with E-state index in [0.717, 1.165) is 11.2 Å². The minimum absolute atomic E-state index is 0.935. The standard InChI is InChI=1S/C30H20BNO/c31-25-10-6-12-29-30(25)24-18-20(14-16-28(24)33-29)19-13-15-27-23(17-19)22-9-4-5-11-26(22)32(27)21-7-2-1-3-8-21/h1-18H,31H2. The molecule has 0 atom stereocenters. The normalized spacial score (nSPS) is 11.8. The van der Waals surface area contributed by atoms with Crippen LogP contribution in [0.3, 0.4) is 0 Å². The number of furan rings is 1. The molecule has 2 nitrogen and oxygen atoms in total. The molecule has 3 heteroatoms. The first-order valence-corrected chi connectivity index (χ1v) is 11.3. The van der Waals surface area contributed by atoms with Gasteiger partial charge in [0, 0.05) is 27.2 Å². The van der Waals surface area contributed by atoms with Gasteiger partial charge in [-0.15, -0.1) is 0 Å². The molecular weight excluding hydrogens is 401 g/mol. The molecule has 0 bridgehead atoms. The van der Waals surface area contributed by atoms with Crippen LogP contribution in [0.2, 0.25) is 0 Å². The summed E-state index contributed by atoms with van der Waals surface area (Å²) in [6.45, 7) is 0. The fourth-order valence-electron chi connectivity index (χ4n) is 5.19. The number of fused-ring (bicyclic) bond motifs is 6. The van der Waals surface area contributed by atoms with Crippen molar-refractivity contribution in [1.82, 2.24) is 4.57 Å². The summed E-state index contributed by atoms with van der Waals surface area (Å²) in [7, 11) is 2.15. The second kappa shape index (κ2) is 6.88. The Morgan fingerprint density at radius 2 is 1.27 bits per heavy atom. The van der Waals surface area contributed by atoms with Crippen LogP contribution in [0.25, 0.3) is 60.6 Å². The number of nitrogens with zero attached hydrogens (tertiary/aromatic N) is 1. The zero-order valence-electron chi connectivity index (χ0n) is 18.2. The van der Waals surface area contributed by atoms with E-state index in [4.69, 9.17) is 4.42 Å². The van der Waals surface area contributed by atoms with E-state index in [1.165, 1.54) is 54.9 Å². The Morgan fingerprint density at radius 3 is 2.15 bits per heavy atom. The van der Waals surface area contributed by atoms with Gasteiger partial charge in [-0.25, -0.2) is 0 Å². The Kier molecular flexibility index (Phi) is 3.83. The summed E-state index contributed by atoms with van der Waals surface area (Å²) in [6, 6.07) is 38.8. The third kappa shape index (κ3) is 2.69. The van der Waals surface area contributed by atoms with Gasteiger partial charge in [-0.3, -0.25) is 0 Å². The Balaban J connectivity index is 1.49. The maximum atomic E-state index is 6.10. The molecule has 0 spiro atoms. The second-order valence-corrected chi connectivity index (χ2v) is 8.68. The molecule has 0 amide bonds. The Hall–Kier alpha value is -4.24. The van der Waals surface area contributed by atoms with Gasteiger partial charge in [0.1, 0.15) is 19.0 Å². The Morgan fingerprint density at radius 1 is 0.545 bits per heavy atom. The average molecular weight is 421 g/mol. The van der Waals surface area contributed by atoms with Gasteiger partial charge >= 0.3 is 0 Å². The zero-order valence-corrected chi connectivity index (χ0v) is 18.2. The van der Waals surface area contributed by atoms with E-state index in [2.05, 4.69) is 116 Å². The molecule has 0 radical (unpaired) electrons. The summed E-state index contributed by atoms with van der Waals surface area (Å²) in [6.07, 6.45) is 0. The predicted octanol–water partition coefficient (Wildman–Crippen LogP) is 6.61. The first kappa shape index (κ1) is 18.3. The van der Waals surface area contributed by atoms with Crippen molar-refractivity contribution >= 4 is 57.1 Å². The van der Waals surface area contributed by atoms with Crippen LogP contribution in [0, 0.1) is 0 Å². The lowest BCUT2D eigenvalue weighted by Crippen LogP contribution is -2.01. The van der Waals surface area contributed by atoms with Gasteiger partial charge in [-0.2, -0.15) is 0 Å². The molecule has 0 aliphatic heterocycles. The third-order valence-electron chi connectivity index (χ3n) is 6.72. The summed E-state index contributed by atoms with van der Waals surface area (Å²) in [4.78, 5) is 0. The zero-order chi connectivity index (χ0) is 21.9. The predicted molar refractivity (Wildman–Crippen MR) is 142 cm³/mol. The van der Waals surface area contributed by atoms with E-state index < -0.39 is 0 Å². The highest BCUT2D eigenvalue weighted by Gasteiger charge is 2.14. The van der Waals surface area contributed by atoms with Crippen LogP contribution in [-0.4, -0.2) is 12.4 Å². The van der Waals surface area contributed by atoms with Crippen molar-refractivity contribution in [2.24, 2.45) is 0 Å². The van der Waals surface area contributed by atoms with Crippen LogP contribution in [0.4, 0.5) is 0 Å². The van der Waals surface area contributed by atoms with Crippen molar-refractivity contribution < 1.29 is 4.42 Å². The van der Waals surface area contributed by atoms with Crippen molar-refractivity contribution in [3.05, 3.63) is 109 Å². The van der Waals surface area contributed by atoms with Gasteiger partial charge in [-0.1, -0.05) is 66.1 Å². The Bertz CT molecular complexity index is 1830. The van der Waals surface area contributed by atoms with Crippen LogP contribution in [0.5, 0.6) is 0 Å². The van der Waals surface area contributed by atoms with Crippen molar-refractivity contribution in [2.45, 2.75) is 0 Å². The van der Waals surface area contributed by atoms with E-state index in [-0.39, 0.29) is 0 Å². The summed E-state index contributed by atoms with van der Waals surface area (Å²) in [5, 5.41) is 4.91. The van der Waals surface area contributed by atoms with Gasteiger partial charge in [-0.05, 0) is 59.7 Å². The minimum atomic E-state index is 0.935. The molecule has 7 rings (SSSR count). The first-order chi connectivity index (χ1) is 16.3. The van der Waals surface area contributed by atoms with E-state index in [1.807, 2.05) is 6.07 Å². The number of rotatable bonds is 2. The molecule has 0 N–H and O–H groups in total. The molecule has 7 aromatic rings. The van der Waals surface area contributed by atoms with E-state index in [0.29, 0.717) is 0 Å². The van der Waals surface area contributed by atoms with Gasteiger partial charge in [0.2, 0.25) is 0 Å². The van der Waals surface area contributed by atoms with Crippen LogP contribution >= 0.6 is 0 Å². The highest BCUT2D eigenvalue weighted by molar-refractivity contribution is 6.41. The minimum Gasteiger partial charge on any atom is -0.456 e. The van der Waals surface area contributed by atoms with Crippen molar-refractivity contribution in [1.29, 1.82) is 0 Å². The molecule has 154 valence electrons. The molecule has 0 saturated carbocycles. The largest absolute Gasteiger partial charge is 0.456 e. The van der Waals surface area contributed by atoms with Crippen LogP contribution in [-0.2, 0) is 0 Å². The van der Waals surface area contributed by atoms with Crippen molar-refractivity contribution in [3.8, 4) is 16.8 Å². The number of hydrogen-bond donors (Lipinski definition) is 0. The smallest absolute Gasteiger partial charge is 0.140 e. The maximum Gasteiger partial charge on any atom is 0.140 e. The number of benzene rings is 5. The second-order valence-electron chi connectivity index (χ2n) is 8.68. The molecule has 33 heavy (non-hydrogen) atoms. The van der Waals surface area contributed by atoms with Crippen molar-refractivity contribution in [3.63, 3.8) is 0 Å². The van der Waals surface area contributed by atoms with E-state index >= 15 is 0 Å². The van der Waals surface area contributed by atoms with E-state index in [1.54, 1.807) is 0 Å². The number of aromatic nitrogens is 1. The summed E-state index contributed by atoms with van der Waals surface area (Å²) in [5.41, 5.74) is 9.16. The molecule has 2 aromatic heterocycles. The highest BCUT2D eigenvalue weighted by atomic mass is 16.3. The molecule has 0 aliphatic carbocycles. The number of para-hydroxylation sites is 2. The summed E-state index contributed by atoms with van der Waals surface area (Å²) < 4.78 is 8.45. The lowest BCUT2D eigenvalue weighted by atomic mass is 9.90. The highest BCUT2D eigenvalue weighted by Crippen LogP contribution is 2.36. The monoisotopic (exact) mass is 421 g/mol. The summed E-state index contributed by atoms with van der Waals surface area (Å²) >= 11 is 0. The summed E-state index contributed by atoms with van der Waals surface area (Å²) in [5.74, 6) is 0. The maximum absolute atomic E-state index is 6.10. The quantitative estimate of drug-likeness (QED) is 0.287. The molecule has 2 heterocycles. The third-order valence-corrected chi connectivity index (χ3v) is 6.72.